The number of hydrogen-bond acceptors (Lipinski definition) is 2. The molecule has 0 aromatic rings. The van der Waals surface area contributed by atoms with Crippen LogP contribution in [0.1, 0.15) is 41.5 Å². The zero-order chi connectivity index (χ0) is 15.4. The molecule has 19 heavy (non-hydrogen) atoms. The average Bonchev–Trinajstić information content (AvgIpc) is 2.25. The Labute approximate surface area is 119 Å². The van der Waals surface area contributed by atoms with Crippen molar-refractivity contribution in [3.63, 3.8) is 0 Å². The second-order valence-electron chi connectivity index (χ2n) is 6.63. The number of nitrogens with zero attached hydrogens (tertiary/aromatic N) is 2. The van der Waals surface area contributed by atoms with E-state index in [9.17, 15) is 0 Å². The Morgan fingerprint density at radius 2 is 1.63 bits per heavy atom. The lowest BCUT2D eigenvalue weighted by molar-refractivity contribution is 0.174. The molecule has 0 amide bonds. The van der Waals surface area contributed by atoms with Gasteiger partial charge in [0.1, 0.15) is 11.6 Å². The molecule has 0 atom stereocenters. The number of aliphatic imine (C=N–C) groups is 1. The summed E-state index contributed by atoms with van der Waals surface area (Å²) in [6.07, 6.45) is 1.93. The van der Waals surface area contributed by atoms with Crippen molar-refractivity contribution >= 4 is 5.84 Å². The summed E-state index contributed by atoms with van der Waals surface area (Å²) in [4.78, 5) is 6.77. The largest absolute Gasteiger partial charge is 0.497 e. The Hall–Kier alpha value is -1.25. The molecular formula is C16H30N2O. The van der Waals surface area contributed by atoms with Crippen molar-refractivity contribution in [3.8, 4) is 0 Å². The Balaban J connectivity index is 5.76. The molecule has 0 aliphatic rings. The summed E-state index contributed by atoms with van der Waals surface area (Å²) in [5.41, 5.74) is 0.979. The number of hydrogen-bond donors (Lipinski definition) is 0. The first kappa shape index (κ1) is 17.8. The molecule has 0 bridgehead atoms. The molecule has 0 unspecified atom stereocenters. The molecule has 0 fully saturated rings. The van der Waals surface area contributed by atoms with Crippen molar-refractivity contribution in [2.45, 2.75) is 41.5 Å². The van der Waals surface area contributed by atoms with E-state index in [0.29, 0.717) is 5.76 Å². The Kier molecular flexibility index (Phi) is 5.85. The van der Waals surface area contributed by atoms with Gasteiger partial charge in [-0.15, -0.1) is 0 Å². The summed E-state index contributed by atoms with van der Waals surface area (Å²) >= 11 is 0. The van der Waals surface area contributed by atoms with Crippen LogP contribution in [-0.2, 0) is 4.74 Å². The highest BCUT2D eigenvalue weighted by Crippen LogP contribution is 2.44. The van der Waals surface area contributed by atoms with Crippen molar-refractivity contribution in [2.24, 2.45) is 15.8 Å². The molecule has 0 radical (unpaired) electrons. The van der Waals surface area contributed by atoms with Crippen molar-refractivity contribution < 1.29 is 4.74 Å². The number of methoxy groups -OCH3 is 1. The van der Waals surface area contributed by atoms with Gasteiger partial charge in [0.05, 0.1) is 12.8 Å². The lowest BCUT2D eigenvalue weighted by Crippen LogP contribution is -2.32. The van der Waals surface area contributed by atoms with Crippen molar-refractivity contribution in [1.29, 1.82) is 0 Å². The SMILES string of the molecule is C=C(/C=C(\N=C(/C)N(C)C)C(C)(C)C(C)(C)C)OC. The first-order valence-corrected chi connectivity index (χ1v) is 6.61. The second kappa shape index (κ2) is 6.27. The number of allylic oxidation sites excluding steroid dienone is 2. The minimum Gasteiger partial charge on any atom is -0.497 e. The van der Waals surface area contributed by atoms with E-state index in [4.69, 9.17) is 9.73 Å². The molecule has 0 aromatic carbocycles. The topological polar surface area (TPSA) is 24.8 Å². The lowest BCUT2D eigenvalue weighted by atomic mass is 9.67. The molecule has 0 saturated heterocycles. The van der Waals surface area contributed by atoms with Crippen molar-refractivity contribution in [1.82, 2.24) is 4.90 Å². The molecule has 0 spiro atoms. The Morgan fingerprint density at radius 1 is 1.16 bits per heavy atom. The molecule has 3 heteroatoms. The molecule has 0 heterocycles. The average molecular weight is 266 g/mol. The molecule has 0 aliphatic carbocycles. The predicted octanol–water partition coefficient (Wildman–Crippen LogP) is 4.08. The van der Waals surface area contributed by atoms with Crippen LogP contribution in [0.15, 0.2) is 29.1 Å². The fraction of sp³-hybridized carbons (Fsp3) is 0.688. The van der Waals surface area contributed by atoms with Gasteiger partial charge in [0.25, 0.3) is 0 Å². The van der Waals surface area contributed by atoms with E-state index in [1.807, 2.05) is 32.0 Å². The molecule has 0 aliphatic heterocycles. The lowest BCUT2D eigenvalue weighted by Gasteiger charge is -2.39. The maximum atomic E-state index is 5.18. The minimum absolute atomic E-state index is 0.0863. The Morgan fingerprint density at radius 3 is 1.95 bits per heavy atom. The highest BCUT2D eigenvalue weighted by atomic mass is 16.5. The van der Waals surface area contributed by atoms with E-state index in [1.165, 1.54) is 0 Å². The van der Waals surface area contributed by atoms with Crippen molar-refractivity contribution in [3.05, 3.63) is 24.1 Å². The van der Waals surface area contributed by atoms with E-state index in [1.54, 1.807) is 7.11 Å². The van der Waals surface area contributed by atoms with E-state index < -0.39 is 0 Å². The first-order chi connectivity index (χ1) is 8.43. The van der Waals surface area contributed by atoms with E-state index >= 15 is 0 Å². The predicted molar refractivity (Wildman–Crippen MR) is 84.3 cm³/mol. The second-order valence-corrected chi connectivity index (χ2v) is 6.63. The maximum absolute atomic E-state index is 5.18. The van der Waals surface area contributed by atoms with Gasteiger partial charge in [-0.05, 0) is 12.3 Å². The smallest absolute Gasteiger partial charge is 0.113 e. The molecule has 0 N–H and O–H groups in total. The highest BCUT2D eigenvalue weighted by molar-refractivity contribution is 5.80. The zero-order valence-electron chi connectivity index (χ0n) is 14.1. The van der Waals surface area contributed by atoms with Crippen LogP contribution >= 0.6 is 0 Å². The van der Waals surface area contributed by atoms with Gasteiger partial charge < -0.3 is 9.64 Å². The van der Waals surface area contributed by atoms with Gasteiger partial charge in [-0.25, -0.2) is 4.99 Å². The summed E-state index contributed by atoms with van der Waals surface area (Å²) in [7, 11) is 5.61. The van der Waals surface area contributed by atoms with Crippen LogP contribution in [0.25, 0.3) is 0 Å². The van der Waals surface area contributed by atoms with E-state index in [0.717, 1.165) is 11.5 Å². The maximum Gasteiger partial charge on any atom is 0.113 e. The zero-order valence-corrected chi connectivity index (χ0v) is 14.1. The van der Waals surface area contributed by atoms with E-state index in [2.05, 4.69) is 41.2 Å². The standard InChI is InChI=1S/C16H30N2O/c1-12(19-10)11-14(17-13(2)18(8)9)16(6,7)15(3,4)5/h11H,1H2,2-10H3/b14-11-,17-13+. The van der Waals surface area contributed by atoms with Crippen LogP contribution in [0.3, 0.4) is 0 Å². The highest BCUT2D eigenvalue weighted by Gasteiger charge is 2.36. The first-order valence-electron chi connectivity index (χ1n) is 6.61. The summed E-state index contributed by atoms with van der Waals surface area (Å²) < 4.78 is 5.18. The normalized spacial score (nSPS) is 14.4. The summed E-state index contributed by atoms with van der Waals surface area (Å²) in [5.74, 6) is 1.59. The van der Waals surface area contributed by atoms with Crippen LogP contribution in [0.5, 0.6) is 0 Å². The van der Waals surface area contributed by atoms with Gasteiger partial charge >= 0.3 is 0 Å². The van der Waals surface area contributed by atoms with Gasteiger partial charge in [0.2, 0.25) is 0 Å². The van der Waals surface area contributed by atoms with Gasteiger partial charge in [-0.3, -0.25) is 0 Å². The third-order valence-electron chi connectivity index (χ3n) is 4.00. The number of rotatable bonds is 4. The van der Waals surface area contributed by atoms with Crippen LogP contribution in [0, 0.1) is 10.8 Å². The van der Waals surface area contributed by atoms with Gasteiger partial charge in [0.15, 0.2) is 0 Å². The number of ether oxygens (including phenoxy) is 1. The fourth-order valence-electron chi connectivity index (χ4n) is 1.22. The minimum atomic E-state index is -0.0915. The Bertz CT molecular complexity index is 382. The molecule has 0 saturated carbocycles. The van der Waals surface area contributed by atoms with Gasteiger partial charge in [-0.2, -0.15) is 0 Å². The molecular weight excluding hydrogens is 236 g/mol. The van der Waals surface area contributed by atoms with Crippen LogP contribution < -0.4 is 0 Å². The molecule has 0 aromatic heterocycles. The van der Waals surface area contributed by atoms with Gasteiger partial charge in [0, 0.05) is 25.6 Å². The monoisotopic (exact) mass is 266 g/mol. The molecule has 0 rings (SSSR count). The molecule has 110 valence electrons. The van der Waals surface area contributed by atoms with Crippen LogP contribution in [0.2, 0.25) is 0 Å². The number of amidine groups is 1. The fourth-order valence-corrected chi connectivity index (χ4v) is 1.22. The van der Waals surface area contributed by atoms with Gasteiger partial charge in [-0.1, -0.05) is 41.2 Å². The third kappa shape index (κ3) is 4.73. The van der Waals surface area contributed by atoms with Crippen LogP contribution in [-0.4, -0.2) is 31.9 Å². The quantitative estimate of drug-likeness (QED) is 0.331. The molecule has 3 nitrogen and oxygen atoms in total. The van der Waals surface area contributed by atoms with Crippen molar-refractivity contribution in [2.75, 3.05) is 21.2 Å². The van der Waals surface area contributed by atoms with E-state index in [-0.39, 0.29) is 10.8 Å². The summed E-state index contributed by atoms with van der Waals surface area (Å²) in [6.45, 7) is 16.9. The van der Waals surface area contributed by atoms with Crippen LogP contribution in [0.4, 0.5) is 0 Å². The summed E-state index contributed by atoms with van der Waals surface area (Å²) in [5, 5.41) is 0. The third-order valence-corrected chi connectivity index (χ3v) is 4.00. The summed E-state index contributed by atoms with van der Waals surface area (Å²) in [6, 6.07) is 0.